The summed E-state index contributed by atoms with van der Waals surface area (Å²) in [6, 6.07) is 27.9. The summed E-state index contributed by atoms with van der Waals surface area (Å²) >= 11 is 0. The van der Waals surface area contributed by atoms with E-state index < -0.39 is 0 Å². The van der Waals surface area contributed by atoms with Crippen molar-refractivity contribution >= 4 is 12.1 Å². The summed E-state index contributed by atoms with van der Waals surface area (Å²) in [6.45, 7) is -0.0687. The predicted octanol–water partition coefficient (Wildman–Crippen LogP) is 4.47. The number of hydrogen-bond donors (Lipinski definition) is 1. The summed E-state index contributed by atoms with van der Waals surface area (Å²) in [7, 11) is 0. The van der Waals surface area contributed by atoms with E-state index in [4.69, 9.17) is 4.74 Å². The smallest absolute Gasteiger partial charge is 0.277 e. The molecule has 1 N–H and O–H groups in total. The molecule has 0 aromatic heterocycles. The highest BCUT2D eigenvalue weighted by atomic mass is 16.5. The molecule has 0 aliphatic carbocycles. The highest BCUT2D eigenvalue weighted by molar-refractivity contribution is 5.78. The van der Waals surface area contributed by atoms with Crippen molar-refractivity contribution in [3.05, 3.63) is 90.5 Å². The lowest BCUT2D eigenvalue weighted by atomic mass is 10.1. The Kier molecular flexibility index (Phi) is 6.76. The predicted molar refractivity (Wildman–Crippen MR) is 109 cm³/mol. The average Bonchev–Trinajstić information content (AvgIpc) is 2.74. The standard InChI is InChI=1S/C23H22N2O2/c26-23(25-24-17-7-10-19-8-3-1-4-9-19)18-27-22-15-13-21(14-16-22)20-11-5-2-6-12-20/h1-6,8-9,11-17H,7,10,18H2,(H,25,26)/b24-17+. The van der Waals surface area contributed by atoms with Crippen molar-refractivity contribution in [2.75, 3.05) is 6.61 Å². The van der Waals surface area contributed by atoms with Gasteiger partial charge in [-0.05, 0) is 41.7 Å². The number of hydrogen-bond acceptors (Lipinski definition) is 3. The summed E-state index contributed by atoms with van der Waals surface area (Å²) in [5.74, 6) is 0.371. The van der Waals surface area contributed by atoms with Gasteiger partial charge in [-0.1, -0.05) is 72.8 Å². The molecule has 4 heteroatoms. The maximum absolute atomic E-state index is 11.8. The number of nitrogens with one attached hydrogen (secondary N) is 1. The first-order valence-corrected chi connectivity index (χ1v) is 8.94. The number of carbonyl (C=O) groups excluding carboxylic acids is 1. The van der Waals surface area contributed by atoms with Gasteiger partial charge in [0.2, 0.25) is 0 Å². The van der Waals surface area contributed by atoms with Crippen LogP contribution in [-0.4, -0.2) is 18.7 Å². The number of ether oxygens (including phenoxy) is 1. The van der Waals surface area contributed by atoms with E-state index in [1.165, 1.54) is 5.56 Å². The first-order chi connectivity index (χ1) is 13.3. The molecule has 0 radical (unpaired) electrons. The van der Waals surface area contributed by atoms with Gasteiger partial charge >= 0.3 is 0 Å². The van der Waals surface area contributed by atoms with Gasteiger partial charge in [-0.15, -0.1) is 0 Å². The Balaban J connectivity index is 1.38. The maximum atomic E-state index is 11.8. The maximum Gasteiger partial charge on any atom is 0.277 e. The van der Waals surface area contributed by atoms with Crippen LogP contribution < -0.4 is 10.2 Å². The van der Waals surface area contributed by atoms with E-state index in [0.29, 0.717) is 5.75 Å². The van der Waals surface area contributed by atoms with Crippen LogP contribution in [0.3, 0.4) is 0 Å². The molecule has 0 fully saturated rings. The largest absolute Gasteiger partial charge is 0.484 e. The molecule has 0 spiro atoms. The summed E-state index contributed by atoms with van der Waals surface area (Å²) in [4.78, 5) is 11.8. The molecule has 3 aromatic carbocycles. The van der Waals surface area contributed by atoms with Crippen LogP contribution in [0.1, 0.15) is 12.0 Å². The fraction of sp³-hybridized carbons (Fsp3) is 0.130. The number of benzene rings is 3. The first kappa shape index (κ1) is 18.4. The van der Waals surface area contributed by atoms with Crippen molar-refractivity contribution in [3.63, 3.8) is 0 Å². The van der Waals surface area contributed by atoms with Gasteiger partial charge in [-0.25, -0.2) is 5.43 Å². The second-order valence-corrected chi connectivity index (χ2v) is 6.05. The van der Waals surface area contributed by atoms with Gasteiger partial charge in [0, 0.05) is 6.21 Å². The number of amides is 1. The molecule has 27 heavy (non-hydrogen) atoms. The molecule has 136 valence electrons. The van der Waals surface area contributed by atoms with E-state index in [0.717, 1.165) is 24.0 Å². The van der Waals surface area contributed by atoms with Crippen molar-refractivity contribution in [2.24, 2.45) is 5.10 Å². The second kappa shape index (κ2) is 9.92. The molecule has 0 saturated heterocycles. The van der Waals surface area contributed by atoms with Crippen LogP contribution >= 0.6 is 0 Å². The average molecular weight is 358 g/mol. The fourth-order valence-electron chi connectivity index (χ4n) is 2.61. The SMILES string of the molecule is O=C(COc1ccc(-c2ccccc2)cc1)N/N=C/CCc1ccccc1. The Bertz CT molecular complexity index is 860. The Hall–Kier alpha value is -3.40. The Morgan fingerprint density at radius 2 is 1.48 bits per heavy atom. The number of nitrogens with zero attached hydrogens (tertiary/aromatic N) is 1. The highest BCUT2D eigenvalue weighted by Crippen LogP contribution is 2.21. The van der Waals surface area contributed by atoms with Crippen molar-refractivity contribution in [2.45, 2.75) is 12.8 Å². The summed E-state index contributed by atoms with van der Waals surface area (Å²) in [5, 5.41) is 3.95. The van der Waals surface area contributed by atoms with Gasteiger partial charge in [-0.2, -0.15) is 5.10 Å². The number of hydrazone groups is 1. The molecule has 0 unspecified atom stereocenters. The normalized spacial score (nSPS) is 10.7. The third-order valence-corrected chi connectivity index (χ3v) is 4.02. The second-order valence-electron chi connectivity index (χ2n) is 6.05. The van der Waals surface area contributed by atoms with Gasteiger partial charge in [0.05, 0.1) is 0 Å². The van der Waals surface area contributed by atoms with E-state index in [9.17, 15) is 4.79 Å². The fourth-order valence-corrected chi connectivity index (χ4v) is 2.61. The van der Waals surface area contributed by atoms with Gasteiger partial charge in [0.15, 0.2) is 6.61 Å². The number of aryl methyl sites for hydroxylation is 1. The molecule has 4 nitrogen and oxygen atoms in total. The molecule has 0 saturated carbocycles. The van der Waals surface area contributed by atoms with E-state index in [1.54, 1.807) is 6.21 Å². The van der Waals surface area contributed by atoms with Crippen molar-refractivity contribution in [1.29, 1.82) is 0 Å². The number of rotatable bonds is 8. The minimum atomic E-state index is -0.280. The Morgan fingerprint density at radius 1 is 0.852 bits per heavy atom. The molecule has 0 aliphatic heterocycles. The molecule has 3 aromatic rings. The summed E-state index contributed by atoms with van der Waals surface area (Å²) < 4.78 is 5.50. The third kappa shape index (κ3) is 6.12. The number of carbonyl (C=O) groups is 1. The zero-order valence-corrected chi connectivity index (χ0v) is 15.0. The first-order valence-electron chi connectivity index (χ1n) is 8.94. The lowest BCUT2D eigenvalue weighted by Crippen LogP contribution is -2.24. The molecular weight excluding hydrogens is 336 g/mol. The van der Waals surface area contributed by atoms with Crippen LogP contribution in [0.4, 0.5) is 0 Å². The lowest BCUT2D eigenvalue weighted by Gasteiger charge is -2.06. The van der Waals surface area contributed by atoms with Crippen LogP contribution in [0.15, 0.2) is 90.0 Å². The molecule has 0 atom stereocenters. The topological polar surface area (TPSA) is 50.7 Å². The highest BCUT2D eigenvalue weighted by Gasteiger charge is 2.02. The van der Waals surface area contributed by atoms with Gasteiger partial charge < -0.3 is 4.74 Å². The monoisotopic (exact) mass is 358 g/mol. The summed E-state index contributed by atoms with van der Waals surface area (Å²) in [5.41, 5.74) is 5.98. The van der Waals surface area contributed by atoms with Gasteiger partial charge in [0.25, 0.3) is 5.91 Å². The van der Waals surface area contributed by atoms with Crippen LogP contribution in [-0.2, 0) is 11.2 Å². The molecule has 0 heterocycles. The third-order valence-electron chi connectivity index (χ3n) is 4.02. The van der Waals surface area contributed by atoms with Gasteiger partial charge in [-0.3, -0.25) is 4.79 Å². The zero-order valence-electron chi connectivity index (χ0n) is 15.0. The Morgan fingerprint density at radius 3 is 2.19 bits per heavy atom. The van der Waals surface area contributed by atoms with Crippen molar-refractivity contribution in [1.82, 2.24) is 5.43 Å². The minimum absolute atomic E-state index is 0.0687. The van der Waals surface area contributed by atoms with E-state index in [2.05, 4.69) is 34.8 Å². The van der Waals surface area contributed by atoms with Crippen molar-refractivity contribution < 1.29 is 9.53 Å². The lowest BCUT2D eigenvalue weighted by molar-refractivity contribution is -0.123. The summed E-state index contributed by atoms with van der Waals surface area (Å²) in [6.07, 6.45) is 3.37. The van der Waals surface area contributed by atoms with Crippen LogP contribution in [0, 0.1) is 0 Å². The van der Waals surface area contributed by atoms with Crippen LogP contribution in [0.25, 0.3) is 11.1 Å². The molecular formula is C23H22N2O2. The van der Waals surface area contributed by atoms with Crippen LogP contribution in [0.2, 0.25) is 0 Å². The van der Waals surface area contributed by atoms with Crippen LogP contribution in [0.5, 0.6) is 5.75 Å². The molecule has 0 aliphatic rings. The Labute approximate surface area is 159 Å². The van der Waals surface area contributed by atoms with Crippen molar-refractivity contribution in [3.8, 4) is 16.9 Å². The van der Waals surface area contributed by atoms with E-state index in [1.807, 2.05) is 60.7 Å². The van der Waals surface area contributed by atoms with Gasteiger partial charge in [0.1, 0.15) is 5.75 Å². The zero-order chi connectivity index (χ0) is 18.7. The molecule has 1 amide bonds. The quantitative estimate of drug-likeness (QED) is 0.477. The van der Waals surface area contributed by atoms with E-state index in [-0.39, 0.29) is 12.5 Å². The minimum Gasteiger partial charge on any atom is -0.484 e. The molecule has 3 rings (SSSR count). The van der Waals surface area contributed by atoms with E-state index >= 15 is 0 Å². The molecule has 0 bridgehead atoms.